The summed E-state index contributed by atoms with van der Waals surface area (Å²) in [5, 5.41) is 16.9. The molecule has 142 valence electrons. The molecule has 28 heavy (non-hydrogen) atoms. The molecule has 0 unspecified atom stereocenters. The monoisotopic (exact) mass is 377 g/mol. The van der Waals surface area contributed by atoms with Crippen LogP contribution in [0.5, 0.6) is 5.75 Å². The van der Waals surface area contributed by atoms with Gasteiger partial charge in [-0.2, -0.15) is 5.10 Å². The Kier molecular flexibility index (Phi) is 3.72. The second-order valence-electron chi connectivity index (χ2n) is 7.41. The van der Waals surface area contributed by atoms with Crippen molar-refractivity contribution in [1.29, 1.82) is 0 Å². The first-order valence-electron chi connectivity index (χ1n) is 9.32. The Bertz CT molecular complexity index is 1220. The zero-order chi connectivity index (χ0) is 19.4. The molecule has 1 N–H and O–H groups in total. The lowest BCUT2D eigenvalue weighted by molar-refractivity contribution is 0.364. The van der Waals surface area contributed by atoms with Gasteiger partial charge in [-0.1, -0.05) is 0 Å². The maximum atomic E-state index is 13.5. The molecule has 1 aromatic carbocycles. The average molecular weight is 377 g/mol. The summed E-state index contributed by atoms with van der Waals surface area (Å²) in [6.45, 7) is 2.98. The predicted octanol–water partition coefficient (Wildman–Crippen LogP) is 3.75. The quantitative estimate of drug-likeness (QED) is 0.576. The van der Waals surface area contributed by atoms with Crippen LogP contribution in [0.15, 0.2) is 36.7 Å². The molecule has 0 aliphatic carbocycles. The van der Waals surface area contributed by atoms with Crippen LogP contribution in [0.4, 0.5) is 10.1 Å². The van der Waals surface area contributed by atoms with Crippen LogP contribution in [0.1, 0.15) is 12.0 Å². The van der Waals surface area contributed by atoms with Crippen LogP contribution in [0.25, 0.3) is 33.2 Å². The number of aromatic hydroxyl groups is 1. The van der Waals surface area contributed by atoms with Gasteiger partial charge in [0.1, 0.15) is 11.9 Å². The zero-order valence-electron chi connectivity index (χ0n) is 15.7. The highest BCUT2D eigenvalue weighted by atomic mass is 19.1. The van der Waals surface area contributed by atoms with Crippen molar-refractivity contribution in [3.8, 4) is 17.0 Å². The van der Waals surface area contributed by atoms with Gasteiger partial charge >= 0.3 is 0 Å². The SMILES string of the molecule is Cc1c(O)c(-c2ccc3cc(N4CC[C@@H](F)C4)cnc3n2)cc2cn(C)nc12. The number of hydrogen-bond acceptors (Lipinski definition) is 5. The first kappa shape index (κ1) is 16.9. The fourth-order valence-corrected chi connectivity index (χ4v) is 3.91. The van der Waals surface area contributed by atoms with E-state index in [4.69, 9.17) is 0 Å². The van der Waals surface area contributed by atoms with Gasteiger partial charge in [-0.05, 0) is 37.6 Å². The van der Waals surface area contributed by atoms with Crippen molar-refractivity contribution >= 4 is 27.6 Å². The summed E-state index contributed by atoms with van der Waals surface area (Å²) in [6, 6.07) is 7.72. The zero-order valence-corrected chi connectivity index (χ0v) is 15.7. The number of rotatable bonds is 2. The van der Waals surface area contributed by atoms with Crippen molar-refractivity contribution in [2.24, 2.45) is 7.05 Å². The molecule has 5 rings (SSSR count). The Morgan fingerprint density at radius 2 is 2.07 bits per heavy atom. The number of pyridine rings is 2. The minimum absolute atomic E-state index is 0.181. The normalized spacial score (nSPS) is 17.1. The number of phenols is 1. The highest BCUT2D eigenvalue weighted by molar-refractivity contribution is 5.91. The maximum Gasteiger partial charge on any atom is 0.159 e. The number of nitrogens with zero attached hydrogens (tertiary/aromatic N) is 5. The number of halogens is 1. The number of aryl methyl sites for hydroxylation is 2. The van der Waals surface area contributed by atoms with Crippen LogP contribution >= 0.6 is 0 Å². The second kappa shape index (κ2) is 6.15. The molecule has 4 heterocycles. The molecular formula is C21H20FN5O. The summed E-state index contributed by atoms with van der Waals surface area (Å²) in [5.41, 5.74) is 4.34. The second-order valence-corrected chi connectivity index (χ2v) is 7.41. The molecule has 1 aliphatic rings. The number of phenolic OH excluding ortho intramolecular Hbond substituents is 1. The third-order valence-corrected chi connectivity index (χ3v) is 5.42. The minimum Gasteiger partial charge on any atom is -0.507 e. The molecule has 0 saturated carbocycles. The van der Waals surface area contributed by atoms with Gasteiger partial charge in [0, 0.05) is 48.2 Å². The van der Waals surface area contributed by atoms with Crippen molar-refractivity contribution in [1.82, 2.24) is 19.7 Å². The van der Waals surface area contributed by atoms with Crippen molar-refractivity contribution < 1.29 is 9.50 Å². The van der Waals surface area contributed by atoms with Crippen molar-refractivity contribution in [3.63, 3.8) is 0 Å². The van der Waals surface area contributed by atoms with Gasteiger partial charge in [0.05, 0.1) is 23.1 Å². The average Bonchev–Trinajstić information content (AvgIpc) is 3.29. The smallest absolute Gasteiger partial charge is 0.159 e. The lowest BCUT2D eigenvalue weighted by Crippen LogP contribution is -2.19. The molecule has 3 aromatic heterocycles. The Balaban J connectivity index is 1.58. The predicted molar refractivity (Wildman–Crippen MR) is 107 cm³/mol. The summed E-state index contributed by atoms with van der Waals surface area (Å²) < 4.78 is 15.2. The molecular weight excluding hydrogens is 357 g/mol. The van der Waals surface area contributed by atoms with Crippen LogP contribution in [0, 0.1) is 6.92 Å². The molecule has 0 radical (unpaired) electrons. The van der Waals surface area contributed by atoms with Crippen LogP contribution in [0.3, 0.4) is 0 Å². The van der Waals surface area contributed by atoms with E-state index < -0.39 is 6.17 Å². The molecule has 6 nitrogen and oxygen atoms in total. The highest BCUT2D eigenvalue weighted by Gasteiger charge is 2.22. The van der Waals surface area contributed by atoms with Gasteiger partial charge in [0.2, 0.25) is 0 Å². The fourth-order valence-electron chi connectivity index (χ4n) is 3.91. The molecule has 0 amide bonds. The molecule has 1 saturated heterocycles. The van der Waals surface area contributed by atoms with Gasteiger partial charge < -0.3 is 10.0 Å². The maximum absolute atomic E-state index is 13.5. The number of fused-ring (bicyclic) bond motifs is 2. The third kappa shape index (κ3) is 2.66. The fraction of sp³-hybridized carbons (Fsp3) is 0.286. The van der Waals surface area contributed by atoms with E-state index >= 15 is 0 Å². The number of anilines is 1. The highest BCUT2D eigenvalue weighted by Crippen LogP contribution is 2.36. The minimum atomic E-state index is -0.773. The van der Waals surface area contributed by atoms with Crippen molar-refractivity contribution in [3.05, 3.63) is 42.2 Å². The number of benzene rings is 1. The van der Waals surface area contributed by atoms with E-state index in [0.29, 0.717) is 36.4 Å². The standard InChI is InChI=1S/C21H20FN5O/c1-12-19-14(10-26(2)25-19)8-17(20(12)28)18-4-3-13-7-16(9-23-21(13)24-18)27-6-5-15(22)11-27/h3-4,7-10,15,28H,5-6,11H2,1-2H3/t15-/m1/s1. The van der Waals surface area contributed by atoms with E-state index in [0.717, 1.165) is 27.5 Å². The van der Waals surface area contributed by atoms with Gasteiger partial charge in [0.15, 0.2) is 5.65 Å². The van der Waals surface area contributed by atoms with Crippen LogP contribution in [0.2, 0.25) is 0 Å². The van der Waals surface area contributed by atoms with E-state index in [1.54, 1.807) is 10.9 Å². The molecule has 4 aromatic rings. The number of hydrogen-bond donors (Lipinski definition) is 1. The van der Waals surface area contributed by atoms with Crippen LogP contribution in [-0.2, 0) is 7.05 Å². The Labute approximate surface area is 161 Å². The van der Waals surface area contributed by atoms with Gasteiger partial charge in [-0.25, -0.2) is 14.4 Å². The summed E-state index contributed by atoms with van der Waals surface area (Å²) >= 11 is 0. The van der Waals surface area contributed by atoms with Gasteiger partial charge in [-0.15, -0.1) is 0 Å². The molecule has 1 fully saturated rings. The molecule has 0 spiro atoms. The Morgan fingerprint density at radius 1 is 1.21 bits per heavy atom. The summed E-state index contributed by atoms with van der Waals surface area (Å²) in [4.78, 5) is 11.1. The Hall–Kier alpha value is -3.22. The molecule has 7 heteroatoms. The lowest BCUT2D eigenvalue weighted by Gasteiger charge is -2.17. The largest absolute Gasteiger partial charge is 0.507 e. The van der Waals surface area contributed by atoms with E-state index in [1.165, 1.54) is 0 Å². The molecule has 1 atom stereocenters. The van der Waals surface area contributed by atoms with Crippen molar-refractivity contribution in [2.75, 3.05) is 18.0 Å². The van der Waals surface area contributed by atoms with Gasteiger partial charge in [-0.3, -0.25) is 4.68 Å². The molecule has 0 bridgehead atoms. The number of aromatic nitrogens is 4. The number of alkyl halides is 1. The topological polar surface area (TPSA) is 67.1 Å². The lowest BCUT2D eigenvalue weighted by atomic mass is 10.0. The Morgan fingerprint density at radius 3 is 2.86 bits per heavy atom. The first-order valence-corrected chi connectivity index (χ1v) is 9.32. The van der Waals surface area contributed by atoms with Crippen molar-refractivity contribution in [2.45, 2.75) is 19.5 Å². The van der Waals surface area contributed by atoms with E-state index in [1.807, 2.05) is 49.3 Å². The molecule has 1 aliphatic heterocycles. The van der Waals surface area contributed by atoms with E-state index in [9.17, 15) is 9.50 Å². The van der Waals surface area contributed by atoms with E-state index in [-0.39, 0.29) is 5.75 Å². The summed E-state index contributed by atoms with van der Waals surface area (Å²) in [7, 11) is 1.86. The van der Waals surface area contributed by atoms with Gasteiger partial charge in [0.25, 0.3) is 0 Å². The van der Waals surface area contributed by atoms with Crippen LogP contribution in [-0.4, -0.2) is 44.1 Å². The third-order valence-electron chi connectivity index (χ3n) is 5.42. The summed E-state index contributed by atoms with van der Waals surface area (Å²) in [6.07, 6.45) is 3.45. The summed E-state index contributed by atoms with van der Waals surface area (Å²) in [5.74, 6) is 0.181. The van der Waals surface area contributed by atoms with E-state index in [2.05, 4.69) is 15.1 Å². The van der Waals surface area contributed by atoms with Crippen LogP contribution < -0.4 is 4.90 Å². The first-order chi connectivity index (χ1) is 13.5.